The molecule has 2 amide bonds. The van der Waals surface area contributed by atoms with Gasteiger partial charge in [0.1, 0.15) is 44.5 Å². The molecule has 12 heteroatoms. The van der Waals surface area contributed by atoms with Gasteiger partial charge in [0, 0.05) is 24.2 Å². The zero-order valence-electron chi connectivity index (χ0n) is 29.9. The van der Waals surface area contributed by atoms with Crippen LogP contribution in [-0.4, -0.2) is 66.2 Å². The number of ether oxygens (including phenoxy) is 2. The summed E-state index contributed by atoms with van der Waals surface area (Å²) in [5.41, 5.74) is 3.88. The van der Waals surface area contributed by atoms with Crippen LogP contribution in [0.4, 0.5) is 9.59 Å². The van der Waals surface area contributed by atoms with E-state index >= 15 is 0 Å². The Balaban J connectivity index is 1.17. The molecule has 2 aromatic carbocycles. The quantitative estimate of drug-likeness (QED) is 0.212. The second kappa shape index (κ2) is 13.6. The van der Waals surface area contributed by atoms with Crippen LogP contribution in [0.3, 0.4) is 0 Å². The Kier molecular flexibility index (Phi) is 9.74. The van der Waals surface area contributed by atoms with Crippen molar-refractivity contribution >= 4 is 35.4 Å². The summed E-state index contributed by atoms with van der Waals surface area (Å²) in [5, 5.41) is 0.856. The number of rotatable bonds is 5. The lowest BCUT2D eigenvalue weighted by Gasteiger charge is -2.27. The van der Waals surface area contributed by atoms with Gasteiger partial charge < -0.3 is 19.4 Å². The summed E-state index contributed by atoms with van der Waals surface area (Å²) in [6, 6.07) is 15.6. The molecule has 2 N–H and O–H groups in total. The molecular weight excluding hydrogens is 675 g/mol. The first-order valence-corrected chi connectivity index (χ1v) is 17.9. The van der Waals surface area contributed by atoms with Gasteiger partial charge in [0.15, 0.2) is 0 Å². The first kappa shape index (κ1) is 35.8. The highest BCUT2D eigenvalue weighted by atomic mass is 35.5. The number of amides is 2. The van der Waals surface area contributed by atoms with E-state index in [9.17, 15) is 9.59 Å². The lowest BCUT2D eigenvalue weighted by Crippen LogP contribution is -2.37. The number of H-pyrrole nitrogens is 2. The SMILES string of the molecule is C[C@H]1C[C@@H](c2nc(-c3ccc(-c4ccc(-c5nc([C@@H]6C[C@H](C)CN6C(=O)OC(C)(C)C)[nH]c5Cl)cc4)cc3)c(Cl)[nH]2)N(C(=O)OC(C)(C)C)C1. The van der Waals surface area contributed by atoms with Gasteiger partial charge in [-0.15, -0.1) is 0 Å². The van der Waals surface area contributed by atoms with E-state index in [2.05, 4.69) is 23.8 Å². The van der Waals surface area contributed by atoms with E-state index in [0.29, 0.717) is 58.3 Å². The number of likely N-dealkylation sites (tertiary alicyclic amines) is 2. The van der Waals surface area contributed by atoms with Crippen LogP contribution in [0, 0.1) is 11.8 Å². The lowest BCUT2D eigenvalue weighted by atomic mass is 10.0. The van der Waals surface area contributed by atoms with E-state index in [1.165, 1.54) is 0 Å². The third kappa shape index (κ3) is 7.81. The molecule has 2 aliphatic heterocycles. The number of aromatic amines is 2. The van der Waals surface area contributed by atoms with Gasteiger partial charge in [0.25, 0.3) is 0 Å². The molecule has 0 aliphatic carbocycles. The third-order valence-electron chi connectivity index (χ3n) is 8.91. The van der Waals surface area contributed by atoms with Crippen LogP contribution in [0.5, 0.6) is 0 Å². The molecule has 4 aromatic rings. The van der Waals surface area contributed by atoms with Crippen molar-refractivity contribution in [1.29, 1.82) is 0 Å². The molecule has 2 fully saturated rings. The minimum absolute atomic E-state index is 0.242. The number of carbonyl (C=O) groups excluding carboxylic acids is 2. The van der Waals surface area contributed by atoms with E-state index < -0.39 is 11.2 Å². The Morgan fingerprint density at radius 3 is 1.28 bits per heavy atom. The predicted octanol–water partition coefficient (Wildman–Crippen LogP) is 10.1. The zero-order chi connectivity index (χ0) is 36.1. The highest BCUT2D eigenvalue weighted by Gasteiger charge is 2.40. The van der Waals surface area contributed by atoms with Crippen LogP contribution in [0.2, 0.25) is 10.3 Å². The summed E-state index contributed by atoms with van der Waals surface area (Å²) in [6.07, 6.45) is 0.846. The summed E-state index contributed by atoms with van der Waals surface area (Å²) in [4.78, 5) is 45.6. The molecule has 0 saturated carbocycles. The maximum absolute atomic E-state index is 13.0. The summed E-state index contributed by atoms with van der Waals surface area (Å²) in [7, 11) is 0. The van der Waals surface area contributed by atoms with Crippen molar-refractivity contribution < 1.29 is 19.1 Å². The largest absolute Gasteiger partial charge is 0.444 e. The fourth-order valence-corrected chi connectivity index (χ4v) is 7.23. The van der Waals surface area contributed by atoms with E-state index in [-0.39, 0.29) is 24.3 Å². The van der Waals surface area contributed by atoms with E-state index in [1.54, 1.807) is 9.80 Å². The van der Waals surface area contributed by atoms with Crippen molar-refractivity contribution in [3.05, 3.63) is 70.5 Å². The van der Waals surface area contributed by atoms with Crippen LogP contribution in [0.15, 0.2) is 48.5 Å². The fraction of sp³-hybridized carbons (Fsp3) is 0.474. The van der Waals surface area contributed by atoms with E-state index in [4.69, 9.17) is 42.6 Å². The molecule has 2 aromatic heterocycles. The number of carbonyl (C=O) groups is 2. The minimum atomic E-state index is -0.585. The Morgan fingerprint density at radius 2 is 0.960 bits per heavy atom. The first-order valence-electron chi connectivity index (χ1n) is 17.2. The van der Waals surface area contributed by atoms with Gasteiger partial charge >= 0.3 is 12.2 Å². The Hall–Kier alpha value is -4.02. The van der Waals surface area contributed by atoms with Crippen molar-refractivity contribution in [3.8, 4) is 33.6 Å². The summed E-state index contributed by atoms with van der Waals surface area (Å²) < 4.78 is 11.3. The number of nitrogens with zero attached hydrogens (tertiary/aromatic N) is 4. The Labute approximate surface area is 303 Å². The van der Waals surface area contributed by atoms with Crippen LogP contribution in [0.1, 0.15) is 92.0 Å². The van der Waals surface area contributed by atoms with Crippen molar-refractivity contribution in [2.45, 2.75) is 91.5 Å². The average molecular weight is 722 g/mol. The summed E-state index contributed by atoms with van der Waals surface area (Å²) in [5.74, 6) is 1.92. The molecule has 0 bridgehead atoms. The molecular formula is C38H46Cl2N6O4. The number of imidazole rings is 2. The van der Waals surface area contributed by atoms with Crippen molar-refractivity contribution in [2.75, 3.05) is 13.1 Å². The highest BCUT2D eigenvalue weighted by molar-refractivity contribution is 6.32. The third-order valence-corrected chi connectivity index (χ3v) is 9.46. The van der Waals surface area contributed by atoms with Crippen LogP contribution in [0.25, 0.3) is 33.6 Å². The normalized spacial score (nSPS) is 21.2. The topological polar surface area (TPSA) is 116 Å². The van der Waals surface area contributed by atoms with Gasteiger partial charge in [-0.2, -0.15) is 0 Å². The van der Waals surface area contributed by atoms with E-state index in [0.717, 1.165) is 35.1 Å². The fourth-order valence-electron chi connectivity index (χ4n) is 6.73. The van der Waals surface area contributed by atoms with Gasteiger partial charge in [0.2, 0.25) is 0 Å². The smallest absolute Gasteiger partial charge is 0.410 e. The minimum Gasteiger partial charge on any atom is -0.444 e. The number of hydrogen-bond donors (Lipinski definition) is 2. The zero-order valence-corrected chi connectivity index (χ0v) is 31.4. The second-order valence-electron chi connectivity index (χ2n) is 15.7. The van der Waals surface area contributed by atoms with Crippen LogP contribution >= 0.6 is 23.2 Å². The molecule has 50 heavy (non-hydrogen) atoms. The second-order valence-corrected chi connectivity index (χ2v) is 16.5. The van der Waals surface area contributed by atoms with Crippen molar-refractivity contribution in [3.63, 3.8) is 0 Å². The average Bonchev–Trinajstić information content (AvgIpc) is 3.80. The van der Waals surface area contributed by atoms with Crippen LogP contribution < -0.4 is 0 Å². The molecule has 2 aliphatic rings. The highest BCUT2D eigenvalue weighted by Crippen LogP contribution is 2.40. The molecule has 2 saturated heterocycles. The van der Waals surface area contributed by atoms with E-state index in [1.807, 2.05) is 90.1 Å². The Bertz CT molecular complexity index is 1720. The molecule has 0 radical (unpaired) electrons. The van der Waals surface area contributed by atoms with Crippen molar-refractivity contribution in [1.82, 2.24) is 29.7 Å². The summed E-state index contributed by atoms with van der Waals surface area (Å²) in [6.45, 7) is 16.6. The molecule has 266 valence electrons. The number of benzene rings is 2. The molecule has 4 atom stereocenters. The Morgan fingerprint density at radius 1 is 0.640 bits per heavy atom. The molecule has 0 spiro atoms. The maximum atomic E-state index is 13.0. The monoisotopic (exact) mass is 720 g/mol. The molecule has 4 heterocycles. The van der Waals surface area contributed by atoms with Crippen molar-refractivity contribution in [2.24, 2.45) is 11.8 Å². The first-order chi connectivity index (χ1) is 23.5. The van der Waals surface area contributed by atoms with Gasteiger partial charge in [-0.05, 0) is 77.3 Å². The maximum Gasteiger partial charge on any atom is 0.410 e. The lowest BCUT2D eigenvalue weighted by molar-refractivity contribution is 0.0204. The number of aromatic nitrogens is 4. The number of nitrogens with one attached hydrogen (secondary N) is 2. The molecule has 0 unspecified atom stereocenters. The molecule has 10 nitrogen and oxygen atoms in total. The van der Waals surface area contributed by atoms with Gasteiger partial charge in [-0.25, -0.2) is 19.6 Å². The van der Waals surface area contributed by atoms with Crippen LogP contribution in [-0.2, 0) is 9.47 Å². The standard InChI is InChI=1S/C38H46Cl2N6O4/c1-21-17-27(45(19-21)35(47)49-37(3,4)5)33-41-29(31(39)43-33)25-13-9-23(10-14-25)24-11-15-26(16-12-24)30-32(40)44-34(42-30)28-18-22(2)20-46(28)36(48)50-38(6,7)8/h9-16,21-22,27-28H,17-20H2,1-8H3,(H,41,43)(H,42,44)/t21-,22-,27-,28-/m0/s1. The van der Waals surface area contributed by atoms with Gasteiger partial charge in [-0.3, -0.25) is 9.80 Å². The van der Waals surface area contributed by atoms with Gasteiger partial charge in [-0.1, -0.05) is 85.6 Å². The number of halogens is 2. The molecule has 6 rings (SSSR count). The predicted molar refractivity (Wildman–Crippen MR) is 196 cm³/mol. The van der Waals surface area contributed by atoms with Gasteiger partial charge in [0.05, 0.1) is 12.1 Å². The summed E-state index contributed by atoms with van der Waals surface area (Å²) >= 11 is 13.3. The number of hydrogen-bond acceptors (Lipinski definition) is 6.